The van der Waals surface area contributed by atoms with E-state index in [1.807, 2.05) is 31.4 Å². The van der Waals surface area contributed by atoms with E-state index in [2.05, 4.69) is 33.2 Å². The molecule has 6 heteroatoms. The number of aliphatic imine (C=N–C) groups is 1. The topological polar surface area (TPSA) is 40.5 Å². The largest absolute Gasteiger partial charge is 0.356 e. The monoisotopic (exact) mass is 336 g/mol. The molecule has 0 aliphatic carbocycles. The molecule has 0 atom stereocenters. The van der Waals surface area contributed by atoms with Crippen molar-refractivity contribution in [2.75, 3.05) is 20.6 Å². The lowest BCUT2D eigenvalue weighted by Gasteiger charge is -2.22. The number of halogens is 1. The zero-order valence-electron chi connectivity index (χ0n) is 13.1. The first-order valence-electron chi connectivity index (χ1n) is 7.16. The Bertz CT molecular complexity index is 639. The Morgan fingerprint density at radius 3 is 2.91 bits per heavy atom. The van der Waals surface area contributed by atoms with Gasteiger partial charge in [-0.1, -0.05) is 23.7 Å². The van der Waals surface area contributed by atoms with Crippen LogP contribution in [0.5, 0.6) is 0 Å². The second-order valence-corrected chi connectivity index (χ2v) is 6.83. The summed E-state index contributed by atoms with van der Waals surface area (Å²) in [6.45, 7) is 3.66. The zero-order chi connectivity index (χ0) is 15.9. The average molecular weight is 337 g/mol. The van der Waals surface area contributed by atoms with Gasteiger partial charge in [0.05, 0.1) is 5.01 Å². The molecule has 0 spiro atoms. The normalized spacial score (nSPS) is 11.5. The summed E-state index contributed by atoms with van der Waals surface area (Å²) in [5.41, 5.74) is 1.16. The summed E-state index contributed by atoms with van der Waals surface area (Å²) in [7, 11) is 3.81. The van der Waals surface area contributed by atoms with Crippen LogP contribution in [0.15, 0.2) is 35.5 Å². The summed E-state index contributed by atoms with van der Waals surface area (Å²) in [4.78, 5) is 12.0. The highest BCUT2D eigenvalue weighted by atomic mass is 35.5. The lowest BCUT2D eigenvalue weighted by atomic mass is 10.2. The molecule has 1 aromatic carbocycles. The molecule has 0 radical (unpaired) electrons. The first kappa shape index (κ1) is 16.8. The van der Waals surface area contributed by atoms with E-state index in [9.17, 15) is 0 Å². The van der Waals surface area contributed by atoms with Crippen molar-refractivity contribution in [3.8, 4) is 0 Å². The van der Waals surface area contributed by atoms with E-state index in [4.69, 9.17) is 11.6 Å². The third-order valence-corrected chi connectivity index (χ3v) is 4.38. The minimum atomic E-state index is 0.757. The van der Waals surface area contributed by atoms with Crippen molar-refractivity contribution < 1.29 is 0 Å². The highest BCUT2D eigenvalue weighted by Gasteiger charge is 2.07. The van der Waals surface area contributed by atoms with E-state index in [1.54, 1.807) is 18.4 Å². The number of benzene rings is 1. The molecule has 0 aliphatic heterocycles. The molecule has 4 nitrogen and oxygen atoms in total. The first-order chi connectivity index (χ1) is 10.6. The molecule has 118 valence electrons. The molecule has 1 N–H and O–H groups in total. The van der Waals surface area contributed by atoms with Crippen LogP contribution in [-0.4, -0.2) is 36.5 Å². The molecule has 0 fully saturated rings. The fraction of sp³-hybridized carbons (Fsp3) is 0.375. The minimum Gasteiger partial charge on any atom is -0.356 e. The van der Waals surface area contributed by atoms with Gasteiger partial charge in [-0.15, -0.1) is 11.3 Å². The number of aromatic nitrogens is 1. The van der Waals surface area contributed by atoms with E-state index in [-0.39, 0.29) is 0 Å². The number of guanidine groups is 1. The van der Waals surface area contributed by atoms with Gasteiger partial charge >= 0.3 is 0 Å². The van der Waals surface area contributed by atoms with E-state index < -0.39 is 0 Å². The summed E-state index contributed by atoms with van der Waals surface area (Å²) in [6.07, 6.45) is 2.82. The number of nitrogens with zero attached hydrogens (tertiary/aromatic N) is 3. The molecular weight excluding hydrogens is 316 g/mol. The van der Waals surface area contributed by atoms with Crippen LogP contribution in [0.1, 0.15) is 15.4 Å². The van der Waals surface area contributed by atoms with E-state index >= 15 is 0 Å². The van der Waals surface area contributed by atoms with Crippen LogP contribution in [0.2, 0.25) is 5.02 Å². The Morgan fingerprint density at radius 1 is 1.45 bits per heavy atom. The second-order valence-electron chi connectivity index (χ2n) is 5.07. The summed E-state index contributed by atoms with van der Waals surface area (Å²) >= 11 is 7.77. The van der Waals surface area contributed by atoms with Crippen molar-refractivity contribution in [2.24, 2.45) is 4.99 Å². The standard InChI is InChI=1S/C16H21ClN4S/c1-12-10-20-15(22-12)7-8-19-16(18-2)21(3)11-13-5-4-6-14(17)9-13/h4-6,9-10H,7-8,11H2,1-3H3,(H,18,19). The van der Waals surface area contributed by atoms with Crippen molar-refractivity contribution in [1.29, 1.82) is 0 Å². The van der Waals surface area contributed by atoms with Crippen LogP contribution in [0.4, 0.5) is 0 Å². The molecule has 2 rings (SSSR count). The smallest absolute Gasteiger partial charge is 0.193 e. The molecule has 2 aromatic rings. The predicted octanol–water partition coefficient (Wildman–Crippen LogP) is 3.35. The summed E-state index contributed by atoms with van der Waals surface area (Å²) < 4.78 is 0. The molecule has 0 bridgehead atoms. The van der Waals surface area contributed by atoms with E-state index in [0.29, 0.717) is 0 Å². The highest BCUT2D eigenvalue weighted by molar-refractivity contribution is 7.11. The van der Waals surface area contributed by atoms with Gasteiger partial charge in [0.1, 0.15) is 0 Å². The SMILES string of the molecule is CN=C(NCCc1ncc(C)s1)N(C)Cc1cccc(Cl)c1. The molecule has 1 heterocycles. The zero-order valence-corrected chi connectivity index (χ0v) is 14.7. The van der Waals surface area contributed by atoms with Crippen LogP contribution >= 0.6 is 22.9 Å². The van der Waals surface area contributed by atoms with Gasteiger partial charge in [-0.25, -0.2) is 4.98 Å². The number of nitrogens with one attached hydrogen (secondary N) is 1. The minimum absolute atomic E-state index is 0.757. The maximum atomic E-state index is 6.02. The van der Waals surface area contributed by atoms with Crippen LogP contribution in [0, 0.1) is 6.92 Å². The van der Waals surface area contributed by atoms with Gasteiger partial charge in [0.15, 0.2) is 5.96 Å². The summed E-state index contributed by atoms with van der Waals surface area (Å²) in [5, 5.41) is 5.28. The third kappa shape index (κ3) is 5.00. The molecule has 22 heavy (non-hydrogen) atoms. The molecule has 1 aromatic heterocycles. The van der Waals surface area contributed by atoms with Gasteiger partial charge in [-0.2, -0.15) is 0 Å². The Hall–Kier alpha value is -1.59. The number of rotatable bonds is 5. The Labute approximate surface area is 140 Å². The molecule has 0 unspecified atom stereocenters. The Morgan fingerprint density at radius 2 is 2.27 bits per heavy atom. The van der Waals surface area contributed by atoms with Crippen LogP contribution < -0.4 is 5.32 Å². The first-order valence-corrected chi connectivity index (χ1v) is 8.35. The van der Waals surface area contributed by atoms with Crippen molar-refractivity contribution in [1.82, 2.24) is 15.2 Å². The molecule has 0 saturated carbocycles. The molecule has 0 saturated heterocycles. The average Bonchev–Trinajstić information content (AvgIpc) is 2.89. The van der Waals surface area contributed by atoms with Gasteiger partial charge in [0, 0.05) is 49.7 Å². The predicted molar refractivity (Wildman–Crippen MR) is 94.8 cm³/mol. The molecule has 0 amide bonds. The van der Waals surface area contributed by atoms with Crippen molar-refractivity contribution in [3.05, 3.63) is 50.9 Å². The van der Waals surface area contributed by atoms with Crippen molar-refractivity contribution in [3.63, 3.8) is 0 Å². The van der Waals surface area contributed by atoms with Gasteiger partial charge in [0.2, 0.25) is 0 Å². The fourth-order valence-corrected chi connectivity index (χ4v) is 3.17. The Balaban J connectivity index is 1.85. The van der Waals surface area contributed by atoms with Crippen LogP contribution in [0.3, 0.4) is 0 Å². The fourth-order valence-electron chi connectivity index (χ4n) is 2.17. The van der Waals surface area contributed by atoms with Crippen LogP contribution in [-0.2, 0) is 13.0 Å². The number of thiazole rings is 1. The second kappa shape index (κ2) is 8.15. The number of aryl methyl sites for hydroxylation is 1. The van der Waals surface area contributed by atoms with Crippen LogP contribution in [0.25, 0.3) is 0 Å². The third-order valence-electron chi connectivity index (χ3n) is 3.17. The maximum Gasteiger partial charge on any atom is 0.193 e. The summed E-state index contributed by atoms with van der Waals surface area (Å²) in [5.74, 6) is 0.869. The van der Waals surface area contributed by atoms with Crippen molar-refractivity contribution >= 4 is 28.9 Å². The lowest BCUT2D eigenvalue weighted by Crippen LogP contribution is -2.39. The quantitative estimate of drug-likeness (QED) is 0.672. The Kier molecular flexibility index (Phi) is 6.21. The van der Waals surface area contributed by atoms with Crippen molar-refractivity contribution in [2.45, 2.75) is 19.9 Å². The molecular formula is C16H21ClN4S. The van der Waals surface area contributed by atoms with E-state index in [1.165, 1.54) is 4.88 Å². The molecule has 0 aliphatic rings. The summed E-state index contributed by atoms with van der Waals surface area (Å²) in [6, 6.07) is 7.89. The lowest BCUT2D eigenvalue weighted by molar-refractivity contribution is 0.477. The van der Waals surface area contributed by atoms with Gasteiger partial charge < -0.3 is 10.2 Å². The van der Waals surface area contributed by atoms with Gasteiger partial charge in [-0.3, -0.25) is 4.99 Å². The van der Waals surface area contributed by atoms with E-state index in [0.717, 1.165) is 41.1 Å². The van der Waals surface area contributed by atoms with Gasteiger partial charge in [0.25, 0.3) is 0 Å². The number of hydrogen-bond donors (Lipinski definition) is 1. The highest BCUT2D eigenvalue weighted by Crippen LogP contribution is 2.13. The van der Waals surface area contributed by atoms with Gasteiger partial charge in [-0.05, 0) is 24.6 Å². The number of hydrogen-bond acceptors (Lipinski definition) is 3. The maximum absolute atomic E-state index is 6.02.